The maximum atomic E-state index is 11.9. The molecule has 2 rings (SSSR count). The topological polar surface area (TPSA) is 34.9 Å². The van der Waals surface area contributed by atoms with Gasteiger partial charge in [-0.05, 0) is 24.1 Å². The van der Waals surface area contributed by atoms with Crippen molar-refractivity contribution in [2.45, 2.75) is 19.8 Å². The highest BCUT2D eigenvalue weighted by molar-refractivity contribution is 7.14. The molecule has 2 heterocycles. The van der Waals surface area contributed by atoms with Gasteiger partial charge in [-0.2, -0.15) is 5.10 Å². The standard InChI is InChI=1S/C12H14N2OS/c1-3-10-4-5-12(16-10)11(15)6-9-7-13-14(2)8-9/h4-5,7-8H,3,6H2,1-2H3. The van der Waals surface area contributed by atoms with Crippen molar-refractivity contribution in [2.75, 3.05) is 0 Å². The summed E-state index contributed by atoms with van der Waals surface area (Å²) >= 11 is 1.59. The number of carbonyl (C=O) groups is 1. The first kappa shape index (κ1) is 11.1. The third-order valence-corrected chi connectivity index (χ3v) is 3.68. The number of carbonyl (C=O) groups excluding carboxylic acids is 1. The zero-order valence-electron chi connectivity index (χ0n) is 9.43. The number of ketones is 1. The molecule has 0 bridgehead atoms. The third-order valence-electron chi connectivity index (χ3n) is 2.41. The molecule has 2 aromatic heterocycles. The van der Waals surface area contributed by atoms with Crippen molar-refractivity contribution in [2.24, 2.45) is 7.05 Å². The van der Waals surface area contributed by atoms with Crippen LogP contribution in [0, 0.1) is 0 Å². The predicted octanol–water partition coefficient (Wildman–Crippen LogP) is 2.47. The largest absolute Gasteiger partial charge is 0.293 e. The Bertz CT molecular complexity index is 499. The fraction of sp³-hybridized carbons (Fsp3) is 0.333. The van der Waals surface area contributed by atoms with Crippen LogP contribution in [-0.2, 0) is 19.9 Å². The van der Waals surface area contributed by atoms with Gasteiger partial charge in [-0.25, -0.2) is 0 Å². The van der Waals surface area contributed by atoms with Crippen LogP contribution in [0.3, 0.4) is 0 Å². The minimum absolute atomic E-state index is 0.178. The molecule has 0 spiro atoms. The van der Waals surface area contributed by atoms with E-state index in [0.29, 0.717) is 6.42 Å². The summed E-state index contributed by atoms with van der Waals surface area (Å²) < 4.78 is 1.72. The van der Waals surface area contributed by atoms with Crippen molar-refractivity contribution < 1.29 is 4.79 Å². The second kappa shape index (κ2) is 4.61. The van der Waals surface area contributed by atoms with Crippen molar-refractivity contribution in [3.05, 3.63) is 39.8 Å². The Morgan fingerprint density at radius 2 is 2.31 bits per heavy atom. The van der Waals surface area contributed by atoms with Crippen LogP contribution >= 0.6 is 11.3 Å². The molecule has 0 aliphatic heterocycles. The number of nitrogens with zero attached hydrogens (tertiary/aromatic N) is 2. The molecule has 0 aromatic carbocycles. The van der Waals surface area contributed by atoms with E-state index in [1.54, 1.807) is 22.2 Å². The van der Waals surface area contributed by atoms with Crippen molar-refractivity contribution in [3.8, 4) is 0 Å². The van der Waals surface area contributed by atoms with Crippen molar-refractivity contribution in [1.82, 2.24) is 9.78 Å². The van der Waals surface area contributed by atoms with E-state index in [1.807, 2.05) is 25.4 Å². The van der Waals surface area contributed by atoms with Gasteiger partial charge in [0.2, 0.25) is 0 Å². The molecular weight excluding hydrogens is 220 g/mol. The average molecular weight is 234 g/mol. The van der Waals surface area contributed by atoms with E-state index >= 15 is 0 Å². The molecule has 0 saturated heterocycles. The van der Waals surface area contributed by atoms with E-state index < -0.39 is 0 Å². The van der Waals surface area contributed by atoms with Crippen LogP contribution in [0.1, 0.15) is 27.0 Å². The number of aryl methyl sites for hydroxylation is 2. The van der Waals surface area contributed by atoms with Crippen molar-refractivity contribution in [1.29, 1.82) is 0 Å². The molecule has 4 heteroatoms. The van der Waals surface area contributed by atoms with Gasteiger partial charge in [0.15, 0.2) is 5.78 Å². The minimum atomic E-state index is 0.178. The Balaban J connectivity index is 2.08. The zero-order valence-corrected chi connectivity index (χ0v) is 10.3. The van der Waals surface area contributed by atoms with E-state index in [2.05, 4.69) is 12.0 Å². The van der Waals surface area contributed by atoms with Crippen LogP contribution in [0.2, 0.25) is 0 Å². The molecular formula is C12H14N2OS. The van der Waals surface area contributed by atoms with Gasteiger partial charge < -0.3 is 0 Å². The minimum Gasteiger partial charge on any atom is -0.293 e. The molecule has 0 N–H and O–H groups in total. The second-order valence-electron chi connectivity index (χ2n) is 3.74. The first-order valence-electron chi connectivity index (χ1n) is 5.28. The Kier molecular flexibility index (Phi) is 3.19. The van der Waals surface area contributed by atoms with Crippen LogP contribution in [0.25, 0.3) is 0 Å². The molecule has 0 aliphatic carbocycles. The van der Waals surface area contributed by atoms with Gasteiger partial charge in [-0.3, -0.25) is 9.48 Å². The first-order chi connectivity index (χ1) is 7.69. The van der Waals surface area contributed by atoms with Gasteiger partial charge in [0, 0.05) is 24.5 Å². The molecule has 84 valence electrons. The Morgan fingerprint density at radius 1 is 1.50 bits per heavy atom. The lowest BCUT2D eigenvalue weighted by Crippen LogP contribution is -1.99. The number of hydrogen-bond donors (Lipinski definition) is 0. The number of hydrogen-bond acceptors (Lipinski definition) is 3. The SMILES string of the molecule is CCc1ccc(C(=O)Cc2cnn(C)c2)s1. The lowest BCUT2D eigenvalue weighted by Gasteiger charge is -1.94. The molecule has 3 nitrogen and oxygen atoms in total. The van der Waals surface area contributed by atoms with Gasteiger partial charge in [-0.15, -0.1) is 11.3 Å². The zero-order chi connectivity index (χ0) is 11.5. The highest BCUT2D eigenvalue weighted by atomic mass is 32.1. The monoisotopic (exact) mass is 234 g/mol. The van der Waals surface area contributed by atoms with Crippen molar-refractivity contribution in [3.63, 3.8) is 0 Å². The summed E-state index contributed by atoms with van der Waals surface area (Å²) in [4.78, 5) is 14.0. The third kappa shape index (κ3) is 2.39. The van der Waals surface area contributed by atoms with Crippen LogP contribution in [0.4, 0.5) is 0 Å². The van der Waals surface area contributed by atoms with E-state index in [1.165, 1.54) is 4.88 Å². The summed E-state index contributed by atoms with van der Waals surface area (Å²) in [6, 6.07) is 3.95. The smallest absolute Gasteiger partial charge is 0.177 e. The maximum Gasteiger partial charge on any atom is 0.177 e. The predicted molar refractivity (Wildman–Crippen MR) is 64.9 cm³/mol. The molecule has 0 atom stereocenters. The highest BCUT2D eigenvalue weighted by Gasteiger charge is 2.10. The number of rotatable bonds is 4. The molecule has 0 unspecified atom stereocenters. The molecule has 0 radical (unpaired) electrons. The quantitative estimate of drug-likeness (QED) is 0.762. The van der Waals surface area contributed by atoms with Crippen LogP contribution in [0.15, 0.2) is 24.5 Å². The summed E-state index contributed by atoms with van der Waals surface area (Å²) in [7, 11) is 1.86. The van der Waals surface area contributed by atoms with Gasteiger partial charge in [-0.1, -0.05) is 6.92 Å². The molecule has 16 heavy (non-hydrogen) atoms. The van der Waals surface area contributed by atoms with E-state index in [-0.39, 0.29) is 5.78 Å². The fourth-order valence-electron chi connectivity index (χ4n) is 1.55. The summed E-state index contributed by atoms with van der Waals surface area (Å²) in [5.41, 5.74) is 0.971. The second-order valence-corrected chi connectivity index (χ2v) is 4.91. The number of Topliss-reactive ketones (excluding diaryl/α,β-unsaturated/α-hetero) is 1. The van der Waals surface area contributed by atoms with Crippen LogP contribution in [0.5, 0.6) is 0 Å². The highest BCUT2D eigenvalue weighted by Crippen LogP contribution is 2.18. The summed E-state index contributed by atoms with van der Waals surface area (Å²) in [6.07, 6.45) is 5.06. The van der Waals surface area contributed by atoms with Gasteiger partial charge in [0.25, 0.3) is 0 Å². The normalized spacial score (nSPS) is 10.6. The average Bonchev–Trinajstić information content (AvgIpc) is 2.87. The van der Waals surface area contributed by atoms with E-state index in [0.717, 1.165) is 16.9 Å². The Hall–Kier alpha value is -1.42. The summed E-state index contributed by atoms with van der Waals surface area (Å²) in [6.45, 7) is 2.10. The van der Waals surface area contributed by atoms with Gasteiger partial charge in [0.1, 0.15) is 0 Å². The maximum absolute atomic E-state index is 11.9. The number of thiophene rings is 1. The Labute approximate surface area is 98.7 Å². The van der Waals surface area contributed by atoms with Gasteiger partial charge in [0.05, 0.1) is 11.1 Å². The molecule has 0 aliphatic rings. The first-order valence-corrected chi connectivity index (χ1v) is 6.10. The van der Waals surface area contributed by atoms with Gasteiger partial charge >= 0.3 is 0 Å². The van der Waals surface area contributed by atoms with Crippen LogP contribution in [-0.4, -0.2) is 15.6 Å². The van der Waals surface area contributed by atoms with Crippen molar-refractivity contribution >= 4 is 17.1 Å². The summed E-state index contributed by atoms with van der Waals surface area (Å²) in [5.74, 6) is 0.178. The van der Waals surface area contributed by atoms with E-state index in [9.17, 15) is 4.79 Å². The van der Waals surface area contributed by atoms with Crippen LogP contribution < -0.4 is 0 Å². The lowest BCUT2D eigenvalue weighted by molar-refractivity contribution is 0.0997. The van der Waals surface area contributed by atoms with E-state index in [4.69, 9.17) is 0 Å². The fourth-order valence-corrected chi connectivity index (χ4v) is 2.44. The molecule has 0 amide bonds. The molecule has 2 aromatic rings. The Morgan fingerprint density at radius 3 is 2.88 bits per heavy atom. The summed E-state index contributed by atoms with van der Waals surface area (Å²) in [5, 5.41) is 4.05. The molecule has 0 saturated carbocycles. The lowest BCUT2D eigenvalue weighted by atomic mass is 10.1. The number of aromatic nitrogens is 2. The molecule has 0 fully saturated rings.